The molecule has 0 heterocycles. The third kappa shape index (κ3) is 1.99. The standard InChI is InChI=1S/C17H24N2O/c1-10-7-12(8-11(2)13(10)9-18)20-15-16(3,4)14(19)17(15,5)6/h7-8,14-15H,19H2,1-6H3/t14-,15-. The molecule has 0 amide bonds. The summed E-state index contributed by atoms with van der Waals surface area (Å²) in [5.41, 5.74) is 8.83. The lowest BCUT2D eigenvalue weighted by Gasteiger charge is -2.61. The molecule has 2 rings (SSSR count). The Kier molecular flexibility index (Phi) is 3.34. The van der Waals surface area contributed by atoms with E-state index >= 15 is 0 Å². The zero-order chi connectivity index (χ0) is 15.3. The first-order chi connectivity index (χ1) is 9.12. The summed E-state index contributed by atoms with van der Waals surface area (Å²) in [4.78, 5) is 0. The van der Waals surface area contributed by atoms with E-state index < -0.39 is 0 Å². The van der Waals surface area contributed by atoms with Gasteiger partial charge >= 0.3 is 0 Å². The monoisotopic (exact) mass is 272 g/mol. The molecule has 3 heteroatoms. The Balaban J connectivity index is 2.30. The maximum Gasteiger partial charge on any atom is 0.120 e. The largest absolute Gasteiger partial charge is 0.489 e. The first-order valence-corrected chi connectivity index (χ1v) is 7.06. The normalized spacial score (nSPS) is 26.5. The quantitative estimate of drug-likeness (QED) is 0.898. The number of nitriles is 1. The van der Waals surface area contributed by atoms with E-state index in [0.29, 0.717) is 0 Å². The Morgan fingerprint density at radius 1 is 1.10 bits per heavy atom. The van der Waals surface area contributed by atoms with Gasteiger partial charge in [0.2, 0.25) is 0 Å². The molecule has 2 N–H and O–H groups in total. The van der Waals surface area contributed by atoms with Crippen molar-refractivity contribution in [3.63, 3.8) is 0 Å². The van der Waals surface area contributed by atoms with E-state index in [1.807, 2.05) is 26.0 Å². The maximum atomic E-state index is 9.12. The summed E-state index contributed by atoms with van der Waals surface area (Å²) in [6.07, 6.45) is 0.0803. The van der Waals surface area contributed by atoms with Crippen molar-refractivity contribution in [2.75, 3.05) is 0 Å². The van der Waals surface area contributed by atoms with E-state index in [1.54, 1.807) is 0 Å². The van der Waals surface area contributed by atoms with Gasteiger partial charge in [0, 0.05) is 16.9 Å². The second kappa shape index (κ2) is 4.49. The molecule has 1 saturated carbocycles. The van der Waals surface area contributed by atoms with Crippen LogP contribution in [0, 0.1) is 36.0 Å². The molecule has 0 aliphatic heterocycles. The minimum Gasteiger partial charge on any atom is -0.489 e. The van der Waals surface area contributed by atoms with E-state index in [1.165, 1.54) is 0 Å². The fourth-order valence-corrected chi connectivity index (χ4v) is 3.76. The molecule has 1 aliphatic carbocycles. The highest BCUT2D eigenvalue weighted by Gasteiger charge is 2.61. The van der Waals surface area contributed by atoms with Crippen molar-refractivity contribution in [3.05, 3.63) is 28.8 Å². The lowest BCUT2D eigenvalue weighted by Crippen LogP contribution is -2.72. The van der Waals surface area contributed by atoms with Gasteiger partial charge < -0.3 is 10.5 Å². The minimum absolute atomic E-state index is 0.0425. The number of nitrogens with two attached hydrogens (primary N) is 1. The van der Waals surface area contributed by atoms with Crippen LogP contribution in [0.3, 0.4) is 0 Å². The first kappa shape index (κ1) is 14.9. The Morgan fingerprint density at radius 3 is 1.95 bits per heavy atom. The number of rotatable bonds is 2. The highest BCUT2D eigenvalue weighted by Crippen LogP contribution is 2.54. The van der Waals surface area contributed by atoms with Gasteiger partial charge in [0.05, 0.1) is 11.6 Å². The van der Waals surface area contributed by atoms with Crippen molar-refractivity contribution in [2.24, 2.45) is 16.6 Å². The summed E-state index contributed by atoms with van der Waals surface area (Å²) >= 11 is 0. The summed E-state index contributed by atoms with van der Waals surface area (Å²) in [5, 5.41) is 9.12. The van der Waals surface area contributed by atoms with Crippen LogP contribution in [-0.2, 0) is 0 Å². The summed E-state index contributed by atoms with van der Waals surface area (Å²) in [5.74, 6) is 0.831. The molecule has 1 aliphatic rings. The van der Waals surface area contributed by atoms with Crippen molar-refractivity contribution >= 4 is 0 Å². The lowest BCUT2D eigenvalue weighted by molar-refractivity contribution is -0.155. The topological polar surface area (TPSA) is 59.0 Å². The zero-order valence-corrected chi connectivity index (χ0v) is 13.2. The molecule has 1 aromatic carbocycles. The summed E-state index contributed by atoms with van der Waals surface area (Å²) < 4.78 is 6.22. The Labute approximate surface area is 121 Å². The number of aryl methyl sites for hydroxylation is 2. The van der Waals surface area contributed by atoms with Crippen LogP contribution in [-0.4, -0.2) is 12.1 Å². The molecule has 0 bridgehead atoms. The fraction of sp³-hybridized carbons (Fsp3) is 0.588. The highest BCUT2D eigenvalue weighted by molar-refractivity contribution is 5.48. The zero-order valence-electron chi connectivity index (χ0n) is 13.2. The maximum absolute atomic E-state index is 9.12. The van der Waals surface area contributed by atoms with Crippen molar-refractivity contribution < 1.29 is 4.74 Å². The average Bonchev–Trinajstić information content (AvgIpc) is 2.34. The molecule has 0 radical (unpaired) electrons. The van der Waals surface area contributed by atoms with Crippen LogP contribution >= 0.6 is 0 Å². The van der Waals surface area contributed by atoms with Gasteiger partial charge in [-0.1, -0.05) is 27.7 Å². The van der Waals surface area contributed by atoms with Gasteiger partial charge in [-0.25, -0.2) is 0 Å². The van der Waals surface area contributed by atoms with Crippen LogP contribution in [0.15, 0.2) is 12.1 Å². The van der Waals surface area contributed by atoms with Crippen LogP contribution < -0.4 is 10.5 Å². The van der Waals surface area contributed by atoms with Crippen LogP contribution in [0.2, 0.25) is 0 Å². The van der Waals surface area contributed by atoms with Gasteiger partial charge in [-0.2, -0.15) is 5.26 Å². The predicted octanol–water partition coefficient (Wildman–Crippen LogP) is 3.32. The number of ether oxygens (including phenoxy) is 1. The minimum atomic E-state index is -0.0425. The number of nitrogens with zero attached hydrogens (tertiary/aromatic N) is 1. The molecule has 3 nitrogen and oxygen atoms in total. The van der Waals surface area contributed by atoms with E-state index in [4.69, 9.17) is 15.7 Å². The molecule has 1 fully saturated rings. The Bertz CT molecular complexity index is 542. The summed E-state index contributed by atoms with van der Waals surface area (Å²) in [6, 6.07) is 6.25. The molecule has 1 aromatic rings. The van der Waals surface area contributed by atoms with Crippen LogP contribution in [0.25, 0.3) is 0 Å². The Morgan fingerprint density at radius 2 is 1.55 bits per heavy atom. The molecule has 0 atom stereocenters. The second-order valence-electron chi connectivity index (χ2n) is 7.16. The molecular weight excluding hydrogens is 248 g/mol. The molecule has 20 heavy (non-hydrogen) atoms. The molecule has 0 aromatic heterocycles. The molecule has 108 valence electrons. The summed E-state index contributed by atoms with van der Waals surface area (Å²) in [7, 11) is 0. The van der Waals surface area contributed by atoms with Gasteiger partial charge in [0.25, 0.3) is 0 Å². The van der Waals surface area contributed by atoms with E-state index in [2.05, 4.69) is 33.8 Å². The molecule has 0 saturated heterocycles. The van der Waals surface area contributed by atoms with Crippen LogP contribution in [0.5, 0.6) is 5.75 Å². The van der Waals surface area contributed by atoms with Crippen LogP contribution in [0.4, 0.5) is 0 Å². The van der Waals surface area contributed by atoms with Gasteiger partial charge in [-0.15, -0.1) is 0 Å². The highest BCUT2D eigenvalue weighted by atomic mass is 16.5. The van der Waals surface area contributed by atoms with E-state index in [9.17, 15) is 0 Å². The van der Waals surface area contributed by atoms with Crippen molar-refractivity contribution in [1.82, 2.24) is 0 Å². The molecule has 0 unspecified atom stereocenters. The fourth-order valence-electron chi connectivity index (χ4n) is 3.76. The van der Waals surface area contributed by atoms with E-state index in [-0.39, 0.29) is 23.0 Å². The predicted molar refractivity (Wildman–Crippen MR) is 80.6 cm³/mol. The van der Waals surface area contributed by atoms with Crippen molar-refractivity contribution in [1.29, 1.82) is 5.26 Å². The van der Waals surface area contributed by atoms with Crippen molar-refractivity contribution in [2.45, 2.75) is 53.7 Å². The van der Waals surface area contributed by atoms with Gasteiger partial charge in [-0.3, -0.25) is 0 Å². The number of hydrogen-bond donors (Lipinski definition) is 1. The number of hydrogen-bond acceptors (Lipinski definition) is 3. The second-order valence-corrected chi connectivity index (χ2v) is 7.16. The third-order valence-corrected chi connectivity index (χ3v) is 4.83. The van der Waals surface area contributed by atoms with Gasteiger partial charge in [0.1, 0.15) is 11.9 Å². The molecular formula is C17H24N2O. The lowest BCUT2D eigenvalue weighted by atomic mass is 9.50. The van der Waals surface area contributed by atoms with Gasteiger partial charge in [-0.05, 0) is 37.1 Å². The summed E-state index contributed by atoms with van der Waals surface area (Å²) in [6.45, 7) is 12.5. The van der Waals surface area contributed by atoms with Gasteiger partial charge in [0.15, 0.2) is 0 Å². The third-order valence-electron chi connectivity index (χ3n) is 4.83. The molecule has 0 spiro atoms. The van der Waals surface area contributed by atoms with Crippen molar-refractivity contribution in [3.8, 4) is 11.8 Å². The first-order valence-electron chi connectivity index (χ1n) is 7.06. The average molecular weight is 272 g/mol. The number of benzene rings is 1. The SMILES string of the molecule is Cc1cc(O[C@H]2C(C)(C)[C@H](N)C2(C)C)cc(C)c1C#N. The Hall–Kier alpha value is -1.53. The smallest absolute Gasteiger partial charge is 0.120 e. The van der Waals surface area contributed by atoms with Crippen LogP contribution in [0.1, 0.15) is 44.4 Å². The van der Waals surface area contributed by atoms with E-state index in [0.717, 1.165) is 22.4 Å².